The Bertz CT molecular complexity index is 344. The number of carbonyl (C=O) groups is 2. The topological polar surface area (TPSA) is 98.7 Å². The number of aliphatic hydroxyl groups excluding tert-OH is 1. The molecule has 6 nitrogen and oxygen atoms in total. The van der Waals surface area contributed by atoms with E-state index in [0.717, 1.165) is 19.3 Å². The molecule has 0 saturated heterocycles. The van der Waals surface area contributed by atoms with Crippen LogP contribution in [0.3, 0.4) is 0 Å². The van der Waals surface area contributed by atoms with E-state index in [2.05, 4.69) is 16.7 Å². The molecule has 0 radical (unpaired) electrons. The van der Waals surface area contributed by atoms with Crippen LogP contribution < -0.4 is 10.6 Å². The Morgan fingerprint density at radius 2 is 2.16 bits per heavy atom. The molecule has 0 aromatic heterocycles. The number of carbonyl (C=O) groups excluding carboxylic acids is 1. The van der Waals surface area contributed by atoms with E-state index in [1.807, 2.05) is 6.08 Å². The van der Waals surface area contributed by atoms with E-state index in [1.54, 1.807) is 6.92 Å². The van der Waals surface area contributed by atoms with E-state index in [1.165, 1.54) is 0 Å². The van der Waals surface area contributed by atoms with Crippen LogP contribution in [0.1, 0.15) is 32.6 Å². The number of rotatable bonds is 6. The molecule has 0 aliphatic heterocycles. The minimum Gasteiger partial charge on any atom is -0.480 e. The minimum absolute atomic E-state index is 0.0645. The molecule has 0 aromatic rings. The van der Waals surface area contributed by atoms with Crippen LogP contribution in [0.25, 0.3) is 0 Å². The van der Waals surface area contributed by atoms with Gasteiger partial charge in [0.05, 0.1) is 0 Å². The van der Waals surface area contributed by atoms with Crippen molar-refractivity contribution in [3.63, 3.8) is 0 Å². The molecule has 1 aliphatic carbocycles. The summed E-state index contributed by atoms with van der Waals surface area (Å²) in [5.41, 5.74) is 0. The molecular weight excluding hydrogens is 248 g/mol. The zero-order chi connectivity index (χ0) is 14.3. The van der Waals surface area contributed by atoms with E-state index in [0.29, 0.717) is 0 Å². The number of aliphatic hydroxyl groups is 1. The van der Waals surface area contributed by atoms with E-state index in [9.17, 15) is 9.59 Å². The molecule has 108 valence electrons. The fourth-order valence-electron chi connectivity index (χ4n) is 2.01. The zero-order valence-corrected chi connectivity index (χ0v) is 11.1. The number of hydrogen-bond acceptors (Lipinski definition) is 3. The standard InChI is InChI=1S/C13H22N2O4/c1-9(8-16)7-11(12(17)18)15-13(19)14-10-5-3-2-4-6-10/h2-3,9-11,16H,4-8H2,1H3,(H,17,18)(H2,14,15,19). The number of carboxylic acids is 1. The summed E-state index contributed by atoms with van der Waals surface area (Å²) in [4.78, 5) is 22.8. The first kappa shape index (κ1) is 15.5. The van der Waals surface area contributed by atoms with Crippen LogP contribution in [-0.2, 0) is 4.79 Å². The highest BCUT2D eigenvalue weighted by Gasteiger charge is 2.23. The number of urea groups is 1. The van der Waals surface area contributed by atoms with Crippen molar-refractivity contribution in [2.45, 2.75) is 44.7 Å². The van der Waals surface area contributed by atoms with Crippen LogP contribution >= 0.6 is 0 Å². The Balaban J connectivity index is 2.42. The smallest absolute Gasteiger partial charge is 0.326 e. The Kier molecular flexibility index (Phi) is 6.35. The highest BCUT2D eigenvalue weighted by Crippen LogP contribution is 2.10. The van der Waals surface area contributed by atoms with Gasteiger partial charge in [-0.1, -0.05) is 19.1 Å². The summed E-state index contributed by atoms with van der Waals surface area (Å²) in [6, 6.07) is -1.37. The summed E-state index contributed by atoms with van der Waals surface area (Å²) in [7, 11) is 0. The Hall–Kier alpha value is -1.56. The summed E-state index contributed by atoms with van der Waals surface area (Å²) in [5.74, 6) is -1.25. The van der Waals surface area contributed by atoms with E-state index < -0.39 is 18.0 Å². The van der Waals surface area contributed by atoms with Gasteiger partial charge in [-0.3, -0.25) is 0 Å². The second-order valence-electron chi connectivity index (χ2n) is 5.01. The summed E-state index contributed by atoms with van der Waals surface area (Å²) >= 11 is 0. The number of nitrogens with one attached hydrogen (secondary N) is 2. The molecule has 0 spiro atoms. The van der Waals surface area contributed by atoms with Crippen molar-refractivity contribution >= 4 is 12.0 Å². The first-order chi connectivity index (χ1) is 9.02. The summed E-state index contributed by atoms with van der Waals surface area (Å²) < 4.78 is 0. The number of allylic oxidation sites excluding steroid dienone is 1. The van der Waals surface area contributed by atoms with Crippen LogP contribution in [0, 0.1) is 5.92 Å². The lowest BCUT2D eigenvalue weighted by molar-refractivity contribution is -0.139. The Morgan fingerprint density at radius 1 is 1.42 bits per heavy atom. The predicted molar refractivity (Wildman–Crippen MR) is 70.7 cm³/mol. The van der Waals surface area contributed by atoms with Crippen molar-refractivity contribution in [1.29, 1.82) is 0 Å². The summed E-state index contributed by atoms with van der Waals surface area (Å²) in [6.07, 6.45) is 6.86. The van der Waals surface area contributed by atoms with Crippen molar-refractivity contribution in [2.24, 2.45) is 5.92 Å². The van der Waals surface area contributed by atoms with Crippen LogP contribution in [0.2, 0.25) is 0 Å². The van der Waals surface area contributed by atoms with Gasteiger partial charge in [0.15, 0.2) is 0 Å². The van der Waals surface area contributed by atoms with Gasteiger partial charge in [0.2, 0.25) is 0 Å². The molecule has 0 bridgehead atoms. The van der Waals surface area contributed by atoms with Crippen LogP contribution in [0.15, 0.2) is 12.2 Å². The first-order valence-corrected chi connectivity index (χ1v) is 6.58. The maximum absolute atomic E-state index is 11.7. The van der Waals surface area contributed by atoms with Crippen molar-refractivity contribution < 1.29 is 19.8 Å². The normalized spacial score (nSPS) is 21.5. The second-order valence-corrected chi connectivity index (χ2v) is 5.01. The fraction of sp³-hybridized carbons (Fsp3) is 0.692. The zero-order valence-electron chi connectivity index (χ0n) is 11.1. The van der Waals surface area contributed by atoms with Crippen molar-refractivity contribution in [1.82, 2.24) is 10.6 Å². The molecule has 19 heavy (non-hydrogen) atoms. The molecule has 6 heteroatoms. The van der Waals surface area contributed by atoms with Gasteiger partial charge in [0.25, 0.3) is 0 Å². The molecule has 3 unspecified atom stereocenters. The highest BCUT2D eigenvalue weighted by atomic mass is 16.4. The van der Waals surface area contributed by atoms with Gasteiger partial charge in [-0.2, -0.15) is 0 Å². The van der Waals surface area contributed by atoms with E-state index in [4.69, 9.17) is 10.2 Å². The quantitative estimate of drug-likeness (QED) is 0.538. The van der Waals surface area contributed by atoms with Crippen molar-refractivity contribution in [2.75, 3.05) is 6.61 Å². The molecule has 0 saturated carbocycles. The lowest BCUT2D eigenvalue weighted by Gasteiger charge is -2.22. The molecule has 1 rings (SSSR count). The maximum atomic E-state index is 11.7. The van der Waals surface area contributed by atoms with Gasteiger partial charge in [0.1, 0.15) is 6.04 Å². The first-order valence-electron chi connectivity index (χ1n) is 6.58. The number of carboxylic acid groups (broad SMARTS) is 1. The lowest BCUT2D eigenvalue weighted by atomic mass is 10.0. The average Bonchev–Trinajstić information content (AvgIpc) is 2.38. The molecule has 0 heterocycles. The third-order valence-electron chi connectivity index (χ3n) is 3.16. The number of amides is 2. The molecule has 0 fully saturated rings. The SMILES string of the molecule is CC(CO)CC(NC(=O)NC1CC=CCC1)C(=O)O. The predicted octanol–water partition coefficient (Wildman–Crippen LogP) is 0.866. The molecule has 1 aliphatic rings. The largest absolute Gasteiger partial charge is 0.480 e. The van der Waals surface area contributed by atoms with Crippen LogP contribution in [0.4, 0.5) is 4.79 Å². The maximum Gasteiger partial charge on any atom is 0.326 e. The number of aliphatic carboxylic acids is 1. The summed E-state index contributed by atoms with van der Waals surface area (Å²) in [6.45, 7) is 1.64. The second kappa shape index (κ2) is 7.78. The molecule has 0 aromatic carbocycles. The van der Waals surface area contributed by atoms with E-state index >= 15 is 0 Å². The molecule has 3 atom stereocenters. The van der Waals surface area contributed by atoms with Gasteiger partial charge in [0, 0.05) is 12.6 Å². The van der Waals surface area contributed by atoms with Crippen molar-refractivity contribution in [3.8, 4) is 0 Å². The monoisotopic (exact) mass is 270 g/mol. The van der Waals surface area contributed by atoms with Gasteiger partial charge in [-0.25, -0.2) is 9.59 Å². The lowest BCUT2D eigenvalue weighted by Crippen LogP contribution is -2.49. The third-order valence-corrected chi connectivity index (χ3v) is 3.16. The van der Waals surface area contributed by atoms with Gasteiger partial charge in [-0.05, 0) is 31.6 Å². The third kappa shape index (κ3) is 5.74. The van der Waals surface area contributed by atoms with Crippen LogP contribution in [-0.4, -0.2) is 40.9 Å². The Morgan fingerprint density at radius 3 is 2.68 bits per heavy atom. The number of hydrogen-bond donors (Lipinski definition) is 4. The molecule has 2 amide bonds. The van der Waals surface area contributed by atoms with Gasteiger partial charge < -0.3 is 20.8 Å². The molecule has 4 N–H and O–H groups in total. The minimum atomic E-state index is -1.08. The highest BCUT2D eigenvalue weighted by molar-refractivity contribution is 5.82. The van der Waals surface area contributed by atoms with E-state index in [-0.39, 0.29) is 25.0 Å². The van der Waals surface area contributed by atoms with Gasteiger partial charge in [-0.15, -0.1) is 0 Å². The summed E-state index contributed by atoms with van der Waals surface area (Å²) in [5, 5.41) is 23.2. The Labute approximate surface area is 112 Å². The van der Waals surface area contributed by atoms with Crippen LogP contribution in [0.5, 0.6) is 0 Å². The van der Waals surface area contributed by atoms with Crippen molar-refractivity contribution in [3.05, 3.63) is 12.2 Å². The fourth-order valence-corrected chi connectivity index (χ4v) is 2.01. The van der Waals surface area contributed by atoms with Gasteiger partial charge >= 0.3 is 12.0 Å². The molecular formula is C13H22N2O4. The average molecular weight is 270 g/mol.